The number of methoxy groups -OCH3 is 1. The van der Waals surface area contributed by atoms with E-state index in [2.05, 4.69) is 30.9 Å². The Kier molecular flexibility index (Phi) is 5.44. The fraction of sp³-hybridized carbons (Fsp3) is 0.647. The topological polar surface area (TPSA) is 38.5 Å². The Balaban J connectivity index is 2.08. The summed E-state index contributed by atoms with van der Waals surface area (Å²) in [6, 6.07) is 4.39. The second-order valence-electron chi connectivity index (χ2n) is 6.00. The van der Waals surface area contributed by atoms with Gasteiger partial charge in [0.25, 0.3) is 0 Å². The van der Waals surface area contributed by atoms with Gasteiger partial charge >= 0.3 is 0 Å². The monoisotopic (exact) mass is 276 g/mol. The molecule has 1 aliphatic heterocycles. The summed E-state index contributed by atoms with van der Waals surface area (Å²) in [5.41, 5.74) is 10.1. The molecule has 1 fully saturated rings. The molecule has 1 atom stereocenters. The fourth-order valence-corrected chi connectivity index (χ4v) is 3.13. The maximum absolute atomic E-state index is 6.46. The molecule has 2 rings (SSSR count). The van der Waals surface area contributed by atoms with Crippen molar-refractivity contribution in [3.63, 3.8) is 0 Å². The molecule has 0 aliphatic carbocycles. The maximum Gasteiger partial charge on any atom is 0.122 e. The first-order chi connectivity index (χ1) is 9.61. The van der Waals surface area contributed by atoms with Crippen LogP contribution in [0.25, 0.3) is 0 Å². The molecule has 1 aromatic carbocycles. The van der Waals surface area contributed by atoms with E-state index in [1.54, 1.807) is 7.11 Å². The van der Waals surface area contributed by atoms with E-state index in [1.165, 1.54) is 55.5 Å². The van der Waals surface area contributed by atoms with Crippen LogP contribution in [-0.4, -0.2) is 31.6 Å². The molecule has 3 heteroatoms. The third-order valence-corrected chi connectivity index (χ3v) is 4.34. The van der Waals surface area contributed by atoms with Gasteiger partial charge in [0.15, 0.2) is 0 Å². The Labute approximate surface area is 123 Å². The van der Waals surface area contributed by atoms with Crippen LogP contribution in [0.15, 0.2) is 12.1 Å². The van der Waals surface area contributed by atoms with Gasteiger partial charge in [-0.25, -0.2) is 0 Å². The van der Waals surface area contributed by atoms with Gasteiger partial charge in [0, 0.05) is 12.6 Å². The Morgan fingerprint density at radius 1 is 1.10 bits per heavy atom. The first-order valence-corrected chi connectivity index (χ1v) is 7.75. The first kappa shape index (κ1) is 15.3. The lowest BCUT2D eigenvalue weighted by atomic mass is 9.98. The van der Waals surface area contributed by atoms with E-state index >= 15 is 0 Å². The summed E-state index contributed by atoms with van der Waals surface area (Å²) in [7, 11) is 1.72. The third kappa shape index (κ3) is 3.74. The smallest absolute Gasteiger partial charge is 0.122 e. The van der Waals surface area contributed by atoms with E-state index in [0.29, 0.717) is 0 Å². The van der Waals surface area contributed by atoms with Crippen LogP contribution in [0.1, 0.15) is 48.4 Å². The van der Waals surface area contributed by atoms with Crippen molar-refractivity contribution in [1.82, 2.24) is 4.90 Å². The number of rotatable bonds is 4. The summed E-state index contributed by atoms with van der Waals surface area (Å²) in [5, 5.41) is 0. The predicted molar refractivity (Wildman–Crippen MR) is 84.3 cm³/mol. The number of hydrogen-bond acceptors (Lipinski definition) is 3. The average Bonchev–Trinajstić information content (AvgIpc) is 2.69. The number of nitrogens with zero attached hydrogens (tertiary/aromatic N) is 1. The van der Waals surface area contributed by atoms with E-state index in [1.807, 2.05) is 0 Å². The molecular weight excluding hydrogens is 248 g/mol. The molecule has 0 spiro atoms. The van der Waals surface area contributed by atoms with Gasteiger partial charge in [-0.15, -0.1) is 0 Å². The maximum atomic E-state index is 6.46. The summed E-state index contributed by atoms with van der Waals surface area (Å²) in [5.74, 6) is 0.952. The summed E-state index contributed by atoms with van der Waals surface area (Å²) >= 11 is 0. The molecule has 0 radical (unpaired) electrons. The van der Waals surface area contributed by atoms with Gasteiger partial charge in [-0.3, -0.25) is 0 Å². The molecule has 0 bridgehead atoms. The van der Waals surface area contributed by atoms with Gasteiger partial charge in [-0.2, -0.15) is 0 Å². The third-order valence-electron chi connectivity index (χ3n) is 4.34. The molecule has 1 saturated heterocycles. The molecule has 1 aromatic rings. The Morgan fingerprint density at radius 2 is 1.75 bits per heavy atom. The second kappa shape index (κ2) is 7.09. The molecule has 3 nitrogen and oxygen atoms in total. The molecule has 0 aromatic heterocycles. The minimum Gasteiger partial charge on any atom is -0.496 e. The summed E-state index contributed by atoms with van der Waals surface area (Å²) in [6.07, 6.45) is 5.36. The van der Waals surface area contributed by atoms with E-state index in [-0.39, 0.29) is 6.04 Å². The zero-order valence-electron chi connectivity index (χ0n) is 13.1. The summed E-state index contributed by atoms with van der Waals surface area (Å²) in [4.78, 5) is 2.52. The zero-order chi connectivity index (χ0) is 14.5. The Hall–Kier alpha value is -1.06. The highest BCUT2D eigenvalue weighted by Gasteiger charge is 2.16. The highest BCUT2D eigenvalue weighted by molar-refractivity contribution is 5.42. The summed E-state index contributed by atoms with van der Waals surface area (Å²) in [6.45, 7) is 7.57. The van der Waals surface area contributed by atoms with Gasteiger partial charge in [-0.05, 0) is 62.5 Å². The van der Waals surface area contributed by atoms with Crippen molar-refractivity contribution in [3.05, 3.63) is 28.8 Å². The van der Waals surface area contributed by atoms with E-state index in [0.717, 1.165) is 12.3 Å². The minimum absolute atomic E-state index is 0.0951. The molecular formula is C17H28N2O. The molecule has 2 N–H and O–H groups in total. The van der Waals surface area contributed by atoms with E-state index < -0.39 is 0 Å². The van der Waals surface area contributed by atoms with Gasteiger partial charge in [0.05, 0.1) is 7.11 Å². The molecule has 1 aliphatic rings. The fourth-order valence-electron chi connectivity index (χ4n) is 3.13. The molecule has 112 valence electrons. The molecule has 1 unspecified atom stereocenters. The molecule has 1 heterocycles. The number of ether oxygens (including phenoxy) is 1. The molecule has 0 amide bonds. The standard InChI is InChI=1S/C17H28N2O/c1-13-11-17(20-3)14(2)10-15(13)16(18)12-19-8-6-4-5-7-9-19/h10-11,16H,4-9,12,18H2,1-3H3. The second-order valence-corrected chi connectivity index (χ2v) is 6.00. The van der Waals surface area contributed by atoms with E-state index in [4.69, 9.17) is 10.5 Å². The lowest BCUT2D eigenvalue weighted by Gasteiger charge is -2.25. The van der Waals surface area contributed by atoms with Crippen molar-refractivity contribution < 1.29 is 4.74 Å². The van der Waals surface area contributed by atoms with Crippen molar-refractivity contribution in [1.29, 1.82) is 0 Å². The van der Waals surface area contributed by atoms with Gasteiger partial charge in [0.2, 0.25) is 0 Å². The van der Waals surface area contributed by atoms with Crippen molar-refractivity contribution in [2.24, 2.45) is 5.73 Å². The zero-order valence-corrected chi connectivity index (χ0v) is 13.1. The van der Waals surface area contributed by atoms with Crippen LogP contribution >= 0.6 is 0 Å². The number of hydrogen-bond donors (Lipinski definition) is 1. The van der Waals surface area contributed by atoms with Crippen molar-refractivity contribution in [2.45, 2.75) is 45.6 Å². The SMILES string of the molecule is COc1cc(C)c(C(N)CN2CCCCCC2)cc1C. The lowest BCUT2D eigenvalue weighted by molar-refractivity contribution is 0.267. The summed E-state index contributed by atoms with van der Waals surface area (Å²) < 4.78 is 5.38. The number of benzene rings is 1. The minimum atomic E-state index is 0.0951. The normalized spacial score (nSPS) is 18.6. The number of aryl methyl sites for hydroxylation is 2. The van der Waals surface area contributed by atoms with Crippen molar-refractivity contribution in [3.8, 4) is 5.75 Å². The van der Waals surface area contributed by atoms with Gasteiger partial charge in [0.1, 0.15) is 5.75 Å². The largest absolute Gasteiger partial charge is 0.496 e. The van der Waals surface area contributed by atoms with Crippen LogP contribution in [0.4, 0.5) is 0 Å². The number of likely N-dealkylation sites (tertiary alicyclic amines) is 1. The van der Waals surface area contributed by atoms with Crippen LogP contribution in [0.5, 0.6) is 5.75 Å². The molecule has 0 saturated carbocycles. The van der Waals surface area contributed by atoms with Crippen LogP contribution in [-0.2, 0) is 0 Å². The predicted octanol–water partition coefficient (Wildman–Crippen LogP) is 3.19. The Bertz CT molecular complexity index is 437. The Morgan fingerprint density at radius 3 is 2.35 bits per heavy atom. The van der Waals surface area contributed by atoms with Crippen molar-refractivity contribution in [2.75, 3.05) is 26.7 Å². The van der Waals surface area contributed by atoms with Crippen LogP contribution in [0.2, 0.25) is 0 Å². The average molecular weight is 276 g/mol. The highest BCUT2D eigenvalue weighted by atomic mass is 16.5. The van der Waals surface area contributed by atoms with Gasteiger partial charge < -0.3 is 15.4 Å². The van der Waals surface area contributed by atoms with E-state index in [9.17, 15) is 0 Å². The van der Waals surface area contributed by atoms with Crippen LogP contribution in [0, 0.1) is 13.8 Å². The lowest BCUT2D eigenvalue weighted by Crippen LogP contribution is -2.33. The van der Waals surface area contributed by atoms with Crippen molar-refractivity contribution >= 4 is 0 Å². The van der Waals surface area contributed by atoms with Crippen LogP contribution in [0.3, 0.4) is 0 Å². The molecule has 20 heavy (non-hydrogen) atoms. The number of nitrogens with two attached hydrogens (primary N) is 1. The highest BCUT2D eigenvalue weighted by Crippen LogP contribution is 2.26. The first-order valence-electron chi connectivity index (χ1n) is 7.75. The van der Waals surface area contributed by atoms with Crippen LogP contribution < -0.4 is 10.5 Å². The van der Waals surface area contributed by atoms with Gasteiger partial charge in [-0.1, -0.05) is 18.9 Å². The quantitative estimate of drug-likeness (QED) is 0.918.